The lowest BCUT2D eigenvalue weighted by Gasteiger charge is -2.32. The molecule has 1 aliphatic heterocycles. The Hall–Kier alpha value is -2.09. The van der Waals surface area contributed by atoms with Gasteiger partial charge < -0.3 is 19.2 Å². The van der Waals surface area contributed by atoms with Gasteiger partial charge >= 0.3 is 0 Å². The molecule has 3 heterocycles. The average Bonchev–Trinajstić information content (AvgIpc) is 3.21. The van der Waals surface area contributed by atoms with E-state index in [0.717, 1.165) is 31.6 Å². The molecule has 25 heavy (non-hydrogen) atoms. The van der Waals surface area contributed by atoms with Crippen LogP contribution < -0.4 is 5.32 Å². The van der Waals surface area contributed by atoms with Gasteiger partial charge in [-0.3, -0.25) is 9.59 Å². The molecular formula is C17H21BrN4O3. The highest BCUT2D eigenvalue weighted by Gasteiger charge is 2.25. The van der Waals surface area contributed by atoms with Crippen LogP contribution in [-0.4, -0.2) is 45.9 Å². The molecule has 8 heteroatoms. The number of nitrogens with one attached hydrogen (secondary N) is 1. The largest absolute Gasteiger partial charge is 0.444 e. The summed E-state index contributed by atoms with van der Waals surface area (Å²) in [4.78, 5) is 30.5. The van der Waals surface area contributed by atoms with E-state index in [1.54, 1.807) is 18.3 Å². The van der Waals surface area contributed by atoms with Crippen molar-refractivity contribution in [1.82, 2.24) is 19.8 Å². The molecule has 0 radical (unpaired) electrons. The Morgan fingerprint density at radius 1 is 1.44 bits per heavy atom. The van der Waals surface area contributed by atoms with Crippen molar-refractivity contribution < 1.29 is 14.0 Å². The predicted molar refractivity (Wildman–Crippen MR) is 95.0 cm³/mol. The molecule has 1 saturated heterocycles. The van der Waals surface area contributed by atoms with Crippen LogP contribution in [0.1, 0.15) is 29.2 Å². The molecule has 2 amide bonds. The number of aryl methyl sites for hydroxylation is 1. The Labute approximate surface area is 154 Å². The summed E-state index contributed by atoms with van der Waals surface area (Å²) in [6.45, 7) is 1.41. The van der Waals surface area contributed by atoms with Crippen LogP contribution in [0.25, 0.3) is 0 Å². The highest BCUT2D eigenvalue weighted by molar-refractivity contribution is 9.10. The molecule has 1 atom stereocenters. The number of aromatic nitrogens is 2. The number of nitrogens with zero attached hydrogens (tertiary/aromatic N) is 3. The fourth-order valence-electron chi connectivity index (χ4n) is 3.10. The van der Waals surface area contributed by atoms with E-state index in [-0.39, 0.29) is 24.1 Å². The van der Waals surface area contributed by atoms with E-state index < -0.39 is 0 Å². The summed E-state index contributed by atoms with van der Waals surface area (Å²) >= 11 is 3.15. The molecular weight excluding hydrogens is 388 g/mol. The molecule has 7 nitrogen and oxygen atoms in total. The zero-order chi connectivity index (χ0) is 17.8. The van der Waals surface area contributed by atoms with Crippen LogP contribution in [0.5, 0.6) is 0 Å². The van der Waals surface area contributed by atoms with Crippen LogP contribution in [-0.2, 0) is 18.3 Å². The molecule has 1 N–H and O–H groups in total. The molecule has 3 rings (SSSR count). The lowest BCUT2D eigenvalue weighted by Crippen LogP contribution is -2.45. The highest BCUT2D eigenvalue weighted by Crippen LogP contribution is 2.20. The lowest BCUT2D eigenvalue weighted by molar-refractivity contribution is -0.131. The molecule has 0 bridgehead atoms. The SMILES string of the molecule is Cn1ccnc1CC1CCCN(C(=O)CNC(=O)c2ccc(Br)o2)C1. The molecule has 0 aliphatic carbocycles. The highest BCUT2D eigenvalue weighted by atomic mass is 79.9. The number of carbonyl (C=O) groups excluding carboxylic acids is 2. The number of carbonyl (C=O) groups is 2. The summed E-state index contributed by atoms with van der Waals surface area (Å²) in [5.41, 5.74) is 0. The standard InChI is InChI=1S/C17H21BrN4O3/c1-21-8-6-19-15(21)9-12-3-2-7-22(11-12)16(23)10-20-17(24)13-4-5-14(18)25-13/h4-6,8,12H,2-3,7,9-11H2,1H3,(H,20,24). The van der Waals surface area contributed by atoms with Crippen LogP contribution in [0.15, 0.2) is 33.6 Å². The first-order chi connectivity index (χ1) is 12.0. The minimum atomic E-state index is -0.388. The normalized spacial score (nSPS) is 17.5. The first-order valence-electron chi connectivity index (χ1n) is 8.30. The van der Waals surface area contributed by atoms with Gasteiger partial charge in [0.25, 0.3) is 5.91 Å². The minimum Gasteiger partial charge on any atom is -0.444 e. The Kier molecular flexibility index (Phi) is 5.57. The fourth-order valence-corrected chi connectivity index (χ4v) is 3.41. The summed E-state index contributed by atoms with van der Waals surface area (Å²) in [5, 5.41) is 2.62. The Bertz CT molecular complexity index is 755. The minimum absolute atomic E-state index is 0.0216. The molecule has 1 fully saturated rings. The number of amides is 2. The Balaban J connectivity index is 1.50. The third-order valence-corrected chi connectivity index (χ3v) is 4.89. The van der Waals surface area contributed by atoms with E-state index in [1.165, 1.54) is 0 Å². The number of hydrogen-bond acceptors (Lipinski definition) is 4. The first-order valence-corrected chi connectivity index (χ1v) is 9.09. The Morgan fingerprint density at radius 3 is 2.96 bits per heavy atom. The second-order valence-electron chi connectivity index (χ2n) is 6.29. The van der Waals surface area contributed by atoms with Gasteiger partial charge in [0.05, 0.1) is 6.54 Å². The number of likely N-dealkylation sites (tertiary alicyclic amines) is 1. The van der Waals surface area contributed by atoms with Crippen molar-refractivity contribution in [2.24, 2.45) is 13.0 Å². The molecule has 1 aliphatic rings. The van der Waals surface area contributed by atoms with Gasteiger partial charge in [0.1, 0.15) is 5.82 Å². The molecule has 134 valence electrons. The third kappa shape index (κ3) is 4.50. The molecule has 0 spiro atoms. The van der Waals surface area contributed by atoms with Gasteiger partial charge in [-0.15, -0.1) is 0 Å². The number of halogens is 1. The predicted octanol–water partition coefficient (Wildman–Crippen LogP) is 1.99. The second kappa shape index (κ2) is 7.86. The summed E-state index contributed by atoms with van der Waals surface area (Å²) < 4.78 is 7.68. The van der Waals surface area contributed by atoms with E-state index in [2.05, 4.69) is 26.2 Å². The zero-order valence-corrected chi connectivity index (χ0v) is 15.7. The summed E-state index contributed by atoms with van der Waals surface area (Å²) in [7, 11) is 1.98. The molecule has 2 aromatic rings. The number of rotatable bonds is 5. The smallest absolute Gasteiger partial charge is 0.287 e. The molecule has 1 unspecified atom stereocenters. The summed E-state index contributed by atoms with van der Waals surface area (Å²) in [5.74, 6) is 1.17. The van der Waals surface area contributed by atoms with Gasteiger partial charge in [-0.2, -0.15) is 0 Å². The number of piperidine rings is 1. The molecule has 0 aromatic carbocycles. The summed E-state index contributed by atoms with van der Waals surface area (Å²) in [6.07, 6.45) is 6.65. The maximum absolute atomic E-state index is 12.4. The topological polar surface area (TPSA) is 80.4 Å². The third-order valence-electron chi connectivity index (χ3n) is 4.46. The number of furan rings is 1. The van der Waals surface area contributed by atoms with Crippen LogP contribution in [0.4, 0.5) is 0 Å². The van der Waals surface area contributed by atoms with Crippen LogP contribution >= 0.6 is 15.9 Å². The van der Waals surface area contributed by atoms with E-state index in [4.69, 9.17) is 4.42 Å². The van der Waals surface area contributed by atoms with Crippen molar-refractivity contribution in [2.75, 3.05) is 19.6 Å². The second-order valence-corrected chi connectivity index (χ2v) is 7.07. The van der Waals surface area contributed by atoms with Crippen molar-refractivity contribution in [3.05, 3.63) is 40.8 Å². The van der Waals surface area contributed by atoms with Gasteiger partial charge in [-0.05, 0) is 46.8 Å². The average molecular weight is 409 g/mol. The maximum atomic E-state index is 12.4. The Morgan fingerprint density at radius 2 is 2.28 bits per heavy atom. The zero-order valence-electron chi connectivity index (χ0n) is 14.1. The van der Waals surface area contributed by atoms with Gasteiger partial charge in [0.2, 0.25) is 5.91 Å². The van der Waals surface area contributed by atoms with Crippen LogP contribution in [0, 0.1) is 5.92 Å². The fraction of sp³-hybridized carbons (Fsp3) is 0.471. The molecule has 2 aromatic heterocycles. The van der Waals surface area contributed by atoms with Crippen molar-refractivity contribution >= 4 is 27.7 Å². The van der Waals surface area contributed by atoms with Gasteiger partial charge in [-0.25, -0.2) is 4.98 Å². The monoisotopic (exact) mass is 408 g/mol. The van der Waals surface area contributed by atoms with Crippen molar-refractivity contribution in [2.45, 2.75) is 19.3 Å². The van der Waals surface area contributed by atoms with Crippen molar-refractivity contribution in [1.29, 1.82) is 0 Å². The van der Waals surface area contributed by atoms with Gasteiger partial charge in [0.15, 0.2) is 10.4 Å². The number of imidazole rings is 1. The van der Waals surface area contributed by atoms with E-state index >= 15 is 0 Å². The van der Waals surface area contributed by atoms with Crippen molar-refractivity contribution in [3.63, 3.8) is 0 Å². The van der Waals surface area contributed by atoms with Crippen LogP contribution in [0.3, 0.4) is 0 Å². The lowest BCUT2D eigenvalue weighted by atomic mass is 9.94. The first kappa shape index (κ1) is 17.7. The van der Waals surface area contributed by atoms with E-state index in [1.807, 2.05) is 22.7 Å². The maximum Gasteiger partial charge on any atom is 0.287 e. The van der Waals surface area contributed by atoms with Gasteiger partial charge in [-0.1, -0.05) is 0 Å². The van der Waals surface area contributed by atoms with E-state index in [0.29, 0.717) is 17.1 Å². The van der Waals surface area contributed by atoms with Crippen LogP contribution in [0.2, 0.25) is 0 Å². The van der Waals surface area contributed by atoms with Gasteiger partial charge in [0, 0.05) is 39.0 Å². The van der Waals surface area contributed by atoms with E-state index in [9.17, 15) is 9.59 Å². The number of hydrogen-bond donors (Lipinski definition) is 1. The molecule has 0 saturated carbocycles. The summed E-state index contributed by atoms with van der Waals surface area (Å²) in [6, 6.07) is 3.21. The van der Waals surface area contributed by atoms with Crippen molar-refractivity contribution in [3.8, 4) is 0 Å². The quantitative estimate of drug-likeness (QED) is 0.819.